The Morgan fingerprint density at radius 2 is 1.84 bits per heavy atom. The minimum Gasteiger partial charge on any atom is -0.342 e. The summed E-state index contributed by atoms with van der Waals surface area (Å²) < 4.78 is 35.2. The lowest BCUT2D eigenvalue weighted by atomic mass is 9.99. The number of nitrogens with zero attached hydrogens (tertiary/aromatic N) is 2. The van der Waals surface area contributed by atoms with Gasteiger partial charge in [-0.1, -0.05) is 3.89 Å². The Morgan fingerprint density at radius 1 is 1.16 bits per heavy atom. The summed E-state index contributed by atoms with van der Waals surface area (Å²) >= 11 is 1.48. The van der Waals surface area contributed by atoms with Gasteiger partial charge in [0.2, 0.25) is 5.91 Å². The van der Waals surface area contributed by atoms with E-state index < -0.39 is 10.4 Å². The minimum atomic E-state index is -4.71. The van der Waals surface area contributed by atoms with E-state index in [1.165, 1.54) is 26.7 Å². The number of rotatable bonds is 4. The molecule has 0 bridgehead atoms. The molecule has 7 nitrogen and oxygen atoms in total. The number of hydrogen-bond acceptors (Lipinski definition) is 5. The van der Waals surface area contributed by atoms with Gasteiger partial charge < -0.3 is 10.2 Å². The van der Waals surface area contributed by atoms with Crippen LogP contribution in [0, 0.1) is 0 Å². The van der Waals surface area contributed by atoms with Gasteiger partial charge in [0.15, 0.2) is 0 Å². The van der Waals surface area contributed by atoms with E-state index in [0.717, 1.165) is 25.7 Å². The largest absolute Gasteiger partial charge is 0.374 e. The number of hydrogen-bond donors (Lipinski definition) is 1. The first-order valence-electron chi connectivity index (χ1n) is 8.22. The molecule has 0 aromatic carbocycles. The standard InChI is InChI=1S/C15H20FN3O4S2/c16-25(22,23)19-7-5-18(6-8-19)14(20)10-17-15(21)13-9-11-3-1-2-4-12(11)24-13/h9H,1-8,10H2,(H,17,21). The van der Waals surface area contributed by atoms with Gasteiger partial charge in [-0.3, -0.25) is 9.59 Å². The molecule has 0 radical (unpaired) electrons. The molecule has 2 aliphatic rings. The van der Waals surface area contributed by atoms with Crippen LogP contribution in [-0.4, -0.2) is 62.2 Å². The van der Waals surface area contributed by atoms with Crippen molar-refractivity contribution in [3.8, 4) is 0 Å². The molecular formula is C15H20FN3O4S2. The van der Waals surface area contributed by atoms with Crippen LogP contribution < -0.4 is 5.32 Å². The average Bonchev–Trinajstić information content (AvgIpc) is 3.03. The number of aryl methyl sites for hydroxylation is 2. The van der Waals surface area contributed by atoms with Crippen molar-refractivity contribution >= 4 is 33.6 Å². The van der Waals surface area contributed by atoms with E-state index in [-0.39, 0.29) is 44.5 Å². The Labute approximate surface area is 150 Å². The molecule has 0 atom stereocenters. The number of piperazine rings is 1. The molecular weight excluding hydrogens is 369 g/mol. The van der Waals surface area contributed by atoms with Crippen molar-refractivity contribution < 1.29 is 21.9 Å². The molecule has 25 heavy (non-hydrogen) atoms. The second kappa shape index (κ2) is 7.38. The lowest BCUT2D eigenvalue weighted by Crippen LogP contribution is -2.51. The fourth-order valence-electron chi connectivity index (χ4n) is 3.11. The fourth-order valence-corrected chi connectivity index (χ4v) is 4.88. The van der Waals surface area contributed by atoms with Crippen LogP contribution in [0.15, 0.2) is 6.07 Å². The molecule has 0 unspecified atom stereocenters. The Kier molecular flexibility index (Phi) is 5.40. The highest BCUT2D eigenvalue weighted by atomic mass is 32.3. The highest BCUT2D eigenvalue weighted by Crippen LogP contribution is 2.29. The lowest BCUT2D eigenvalue weighted by Gasteiger charge is -2.32. The molecule has 138 valence electrons. The third-order valence-electron chi connectivity index (χ3n) is 4.52. The lowest BCUT2D eigenvalue weighted by molar-refractivity contribution is -0.131. The van der Waals surface area contributed by atoms with Crippen molar-refractivity contribution in [3.05, 3.63) is 21.4 Å². The van der Waals surface area contributed by atoms with Crippen molar-refractivity contribution in [1.29, 1.82) is 0 Å². The van der Waals surface area contributed by atoms with Gasteiger partial charge in [-0.25, -0.2) is 0 Å². The van der Waals surface area contributed by atoms with Crippen LogP contribution >= 0.6 is 11.3 Å². The van der Waals surface area contributed by atoms with Crippen molar-refractivity contribution in [2.45, 2.75) is 25.7 Å². The van der Waals surface area contributed by atoms with E-state index in [9.17, 15) is 21.9 Å². The summed E-state index contributed by atoms with van der Waals surface area (Å²) in [5.41, 5.74) is 1.23. The first-order valence-corrected chi connectivity index (χ1v) is 10.4. The zero-order valence-electron chi connectivity index (χ0n) is 13.7. The number of amides is 2. The van der Waals surface area contributed by atoms with Crippen LogP contribution in [0.4, 0.5) is 3.89 Å². The number of nitrogens with one attached hydrogen (secondary N) is 1. The number of halogens is 1. The van der Waals surface area contributed by atoms with Crippen LogP contribution in [0.5, 0.6) is 0 Å². The molecule has 10 heteroatoms. The summed E-state index contributed by atoms with van der Waals surface area (Å²) in [5.74, 6) is -0.566. The molecule has 0 saturated carbocycles. The van der Waals surface area contributed by atoms with Crippen LogP contribution in [0.2, 0.25) is 0 Å². The number of carbonyl (C=O) groups is 2. The predicted molar refractivity (Wildman–Crippen MR) is 91.5 cm³/mol. The summed E-state index contributed by atoms with van der Waals surface area (Å²) in [7, 11) is -4.71. The van der Waals surface area contributed by atoms with Gasteiger partial charge in [0, 0.05) is 31.1 Å². The minimum absolute atomic E-state index is 0.0732. The number of fused-ring (bicyclic) bond motifs is 1. The Balaban J connectivity index is 1.49. The average molecular weight is 389 g/mol. The second-order valence-corrected chi connectivity index (χ2v) is 8.65. The van der Waals surface area contributed by atoms with Crippen molar-refractivity contribution in [2.24, 2.45) is 0 Å². The van der Waals surface area contributed by atoms with Crippen molar-refractivity contribution in [1.82, 2.24) is 14.5 Å². The van der Waals surface area contributed by atoms with Crippen LogP contribution in [-0.2, 0) is 28.0 Å². The van der Waals surface area contributed by atoms with Crippen LogP contribution in [0.3, 0.4) is 0 Å². The Morgan fingerprint density at radius 3 is 2.48 bits per heavy atom. The summed E-state index contributed by atoms with van der Waals surface area (Å²) in [5, 5.41) is 2.62. The van der Waals surface area contributed by atoms with E-state index >= 15 is 0 Å². The first-order chi connectivity index (χ1) is 11.8. The van der Waals surface area contributed by atoms with Crippen molar-refractivity contribution in [2.75, 3.05) is 32.7 Å². The summed E-state index contributed by atoms with van der Waals surface area (Å²) in [4.78, 5) is 27.7. The third-order valence-corrected chi connectivity index (χ3v) is 6.74. The molecule has 1 aromatic heterocycles. The molecule has 2 amide bonds. The smallest absolute Gasteiger partial charge is 0.342 e. The van der Waals surface area contributed by atoms with E-state index in [4.69, 9.17) is 0 Å². The molecule has 1 aliphatic heterocycles. The summed E-state index contributed by atoms with van der Waals surface area (Å²) in [6, 6.07) is 1.91. The third kappa shape index (κ3) is 4.36. The van der Waals surface area contributed by atoms with Crippen LogP contribution in [0.1, 0.15) is 33.0 Å². The molecule has 1 fully saturated rings. The molecule has 2 heterocycles. The van der Waals surface area contributed by atoms with E-state index in [0.29, 0.717) is 9.18 Å². The van der Waals surface area contributed by atoms with Crippen molar-refractivity contribution in [3.63, 3.8) is 0 Å². The predicted octanol–water partition coefficient (Wildman–Crippen LogP) is 0.715. The normalized spacial score (nSPS) is 18.7. The fraction of sp³-hybridized carbons (Fsp3) is 0.600. The Hall–Kier alpha value is -1.52. The summed E-state index contributed by atoms with van der Waals surface area (Å²) in [6.45, 7) is -0.0631. The van der Waals surface area contributed by atoms with Gasteiger partial charge in [-0.05, 0) is 37.3 Å². The molecule has 1 N–H and O–H groups in total. The molecule has 1 aliphatic carbocycles. The number of thiophene rings is 1. The number of carbonyl (C=O) groups excluding carboxylic acids is 2. The molecule has 0 spiro atoms. The maximum Gasteiger partial charge on any atom is 0.374 e. The maximum absolute atomic E-state index is 12.9. The topological polar surface area (TPSA) is 86.8 Å². The van der Waals surface area contributed by atoms with Gasteiger partial charge in [0.1, 0.15) is 0 Å². The SMILES string of the molecule is O=C(NCC(=O)N1CCN(S(=O)(=O)F)CC1)c1cc2c(s1)CCCC2. The molecule has 1 aromatic rings. The second-order valence-electron chi connectivity index (χ2n) is 6.17. The summed E-state index contributed by atoms with van der Waals surface area (Å²) in [6.07, 6.45) is 4.30. The van der Waals surface area contributed by atoms with E-state index in [1.807, 2.05) is 6.07 Å². The zero-order valence-corrected chi connectivity index (χ0v) is 15.3. The zero-order chi connectivity index (χ0) is 18.0. The highest BCUT2D eigenvalue weighted by Gasteiger charge is 2.28. The Bertz CT molecular complexity index is 746. The van der Waals surface area contributed by atoms with Crippen LogP contribution in [0.25, 0.3) is 0 Å². The van der Waals surface area contributed by atoms with Gasteiger partial charge in [0.05, 0.1) is 11.4 Å². The van der Waals surface area contributed by atoms with E-state index in [1.54, 1.807) is 0 Å². The van der Waals surface area contributed by atoms with Gasteiger partial charge in [0.25, 0.3) is 5.91 Å². The first kappa shape index (κ1) is 18.3. The monoisotopic (exact) mass is 389 g/mol. The quantitative estimate of drug-likeness (QED) is 0.769. The maximum atomic E-state index is 12.9. The molecule has 1 saturated heterocycles. The highest BCUT2D eigenvalue weighted by molar-refractivity contribution is 7.83. The van der Waals surface area contributed by atoms with Gasteiger partial charge in [-0.15, -0.1) is 11.3 Å². The van der Waals surface area contributed by atoms with E-state index in [2.05, 4.69) is 5.32 Å². The molecule has 3 rings (SSSR count). The van der Waals surface area contributed by atoms with Gasteiger partial charge >= 0.3 is 10.4 Å². The van der Waals surface area contributed by atoms with Gasteiger partial charge in [-0.2, -0.15) is 12.7 Å².